The van der Waals surface area contributed by atoms with Gasteiger partial charge in [0.2, 0.25) is 0 Å². The molecule has 0 aliphatic carbocycles. The third-order valence-corrected chi connectivity index (χ3v) is 4.62. The third kappa shape index (κ3) is 4.86. The molecular formula is C21H23N3OS. The van der Waals surface area contributed by atoms with Crippen molar-refractivity contribution in [2.24, 2.45) is 4.99 Å². The van der Waals surface area contributed by atoms with E-state index in [1.807, 2.05) is 53.9 Å². The SMILES string of the molecule is CC(C)NC(=NCc1cccs1)Nc1cc(-c2ccccc2)ccc1O. The van der Waals surface area contributed by atoms with E-state index in [0.29, 0.717) is 18.2 Å². The summed E-state index contributed by atoms with van der Waals surface area (Å²) in [4.78, 5) is 5.83. The molecule has 5 heteroatoms. The summed E-state index contributed by atoms with van der Waals surface area (Å²) < 4.78 is 0. The highest BCUT2D eigenvalue weighted by atomic mass is 32.1. The molecule has 0 aliphatic heterocycles. The van der Waals surface area contributed by atoms with E-state index in [1.165, 1.54) is 4.88 Å². The summed E-state index contributed by atoms with van der Waals surface area (Å²) in [6.07, 6.45) is 0. The molecule has 1 aromatic heterocycles. The Morgan fingerprint density at radius 1 is 1.04 bits per heavy atom. The number of phenols is 1. The second-order valence-corrected chi connectivity index (χ2v) is 7.30. The minimum absolute atomic E-state index is 0.194. The molecule has 3 N–H and O–H groups in total. The topological polar surface area (TPSA) is 56.7 Å². The van der Waals surface area contributed by atoms with Crippen molar-refractivity contribution < 1.29 is 5.11 Å². The van der Waals surface area contributed by atoms with E-state index in [1.54, 1.807) is 17.4 Å². The number of phenolic OH excluding ortho intramolecular Hbond substituents is 1. The Hall–Kier alpha value is -2.79. The second-order valence-electron chi connectivity index (χ2n) is 6.27. The zero-order valence-corrected chi connectivity index (χ0v) is 15.8. The smallest absolute Gasteiger partial charge is 0.196 e. The van der Waals surface area contributed by atoms with Crippen LogP contribution in [-0.4, -0.2) is 17.1 Å². The number of nitrogens with zero attached hydrogens (tertiary/aromatic N) is 1. The summed E-state index contributed by atoms with van der Waals surface area (Å²) in [6.45, 7) is 4.71. The van der Waals surface area contributed by atoms with Gasteiger partial charge in [-0.05, 0) is 48.6 Å². The molecule has 0 saturated heterocycles. The highest BCUT2D eigenvalue weighted by Gasteiger charge is 2.08. The summed E-state index contributed by atoms with van der Waals surface area (Å²) in [5.74, 6) is 0.841. The van der Waals surface area contributed by atoms with Crippen molar-refractivity contribution in [3.05, 3.63) is 70.9 Å². The van der Waals surface area contributed by atoms with Crippen LogP contribution in [0.1, 0.15) is 18.7 Å². The molecule has 2 aromatic carbocycles. The van der Waals surface area contributed by atoms with Crippen LogP contribution in [0.4, 0.5) is 5.69 Å². The van der Waals surface area contributed by atoms with Gasteiger partial charge in [0.1, 0.15) is 5.75 Å². The van der Waals surface area contributed by atoms with Crippen molar-refractivity contribution >= 4 is 23.0 Å². The number of aromatic hydroxyl groups is 1. The summed E-state index contributed by atoms with van der Waals surface area (Å²) in [6, 6.07) is 20.0. The van der Waals surface area contributed by atoms with E-state index in [4.69, 9.17) is 0 Å². The predicted octanol–water partition coefficient (Wildman–Crippen LogP) is 5.09. The Balaban J connectivity index is 1.84. The molecule has 0 spiro atoms. The molecule has 134 valence electrons. The number of aliphatic imine (C=N–C) groups is 1. The molecule has 0 amide bonds. The first kappa shape index (κ1) is 18.0. The maximum atomic E-state index is 10.3. The van der Waals surface area contributed by atoms with Crippen LogP contribution in [0.2, 0.25) is 0 Å². The normalized spacial score (nSPS) is 11.6. The van der Waals surface area contributed by atoms with Gasteiger partial charge in [-0.25, -0.2) is 4.99 Å². The maximum absolute atomic E-state index is 10.3. The molecule has 3 rings (SSSR count). The Morgan fingerprint density at radius 3 is 2.54 bits per heavy atom. The van der Waals surface area contributed by atoms with E-state index >= 15 is 0 Å². The molecule has 0 radical (unpaired) electrons. The first-order valence-electron chi connectivity index (χ1n) is 8.60. The fraction of sp³-hybridized carbons (Fsp3) is 0.190. The van der Waals surface area contributed by atoms with Crippen molar-refractivity contribution in [2.75, 3.05) is 5.32 Å². The van der Waals surface area contributed by atoms with Gasteiger partial charge in [-0.15, -0.1) is 11.3 Å². The number of rotatable bonds is 5. The molecule has 4 nitrogen and oxygen atoms in total. The van der Waals surface area contributed by atoms with Gasteiger partial charge in [-0.1, -0.05) is 42.5 Å². The van der Waals surface area contributed by atoms with Crippen LogP contribution < -0.4 is 10.6 Å². The quantitative estimate of drug-likeness (QED) is 0.335. The Bertz CT molecular complexity index is 858. The molecule has 0 bridgehead atoms. The Morgan fingerprint density at radius 2 is 1.85 bits per heavy atom. The lowest BCUT2D eigenvalue weighted by atomic mass is 10.0. The van der Waals surface area contributed by atoms with E-state index in [-0.39, 0.29) is 11.8 Å². The number of hydrogen-bond acceptors (Lipinski definition) is 3. The number of hydrogen-bond donors (Lipinski definition) is 3. The average molecular weight is 366 g/mol. The van der Waals surface area contributed by atoms with Crippen LogP contribution >= 0.6 is 11.3 Å². The van der Waals surface area contributed by atoms with Crippen LogP contribution in [0.25, 0.3) is 11.1 Å². The zero-order valence-electron chi connectivity index (χ0n) is 14.9. The molecule has 0 atom stereocenters. The van der Waals surface area contributed by atoms with E-state index in [9.17, 15) is 5.11 Å². The molecule has 0 saturated carbocycles. The van der Waals surface area contributed by atoms with Crippen LogP contribution in [-0.2, 0) is 6.54 Å². The number of thiophene rings is 1. The standard InChI is InChI=1S/C21H23N3OS/c1-15(2)23-21(22-14-18-9-6-12-26-18)24-19-13-17(10-11-20(19)25)16-7-4-3-5-8-16/h3-13,15,25H,14H2,1-2H3,(H2,22,23,24). The van der Waals surface area contributed by atoms with Gasteiger partial charge in [0.25, 0.3) is 0 Å². The van der Waals surface area contributed by atoms with Crippen LogP contribution in [0, 0.1) is 0 Å². The highest BCUT2D eigenvalue weighted by Crippen LogP contribution is 2.29. The van der Waals surface area contributed by atoms with Gasteiger partial charge < -0.3 is 15.7 Å². The molecule has 1 heterocycles. The fourth-order valence-electron chi connectivity index (χ4n) is 2.53. The predicted molar refractivity (Wildman–Crippen MR) is 111 cm³/mol. The minimum Gasteiger partial charge on any atom is -0.506 e. The average Bonchev–Trinajstić information content (AvgIpc) is 3.15. The summed E-state index contributed by atoms with van der Waals surface area (Å²) in [5, 5.41) is 18.9. The van der Waals surface area contributed by atoms with E-state index in [0.717, 1.165) is 11.1 Å². The van der Waals surface area contributed by atoms with Crippen LogP contribution in [0.3, 0.4) is 0 Å². The summed E-state index contributed by atoms with van der Waals surface area (Å²) in [7, 11) is 0. The van der Waals surface area contributed by atoms with Crippen molar-refractivity contribution in [3.63, 3.8) is 0 Å². The van der Waals surface area contributed by atoms with Gasteiger partial charge in [0.05, 0.1) is 12.2 Å². The second kappa shape index (κ2) is 8.54. The minimum atomic E-state index is 0.194. The van der Waals surface area contributed by atoms with Crippen LogP contribution in [0.5, 0.6) is 5.75 Å². The van der Waals surface area contributed by atoms with Gasteiger partial charge in [0, 0.05) is 10.9 Å². The number of benzene rings is 2. The monoisotopic (exact) mass is 365 g/mol. The fourth-order valence-corrected chi connectivity index (χ4v) is 3.16. The first-order chi connectivity index (χ1) is 12.6. The van der Waals surface area contributed by atoms with Gasteiger partial charge in [-0.3, -0.25) is 0 Å². The molecule has 0 fully saturated rings. The Labute approximate surface area is 158 Å². The molecule has 26 heavy (non-hydrogen) atoms. The van der Waals surface area contributed by atoms with Crippen LogP contribution in [0.15, 0.2) is 71.0 Å². The summed E-state index contributed by atoms with van der Waals surface area (Å²) >= 11 is 1.68. The Kier molecular flexibility index (Phi) is 5.92. The largest absolute Gasteiger partial charge is 0.506 e. The lowest BCUT2D eigenvalue weighted by molar-refractivity contribution is 0.478. The highest BCUT2D eigenvalue weighted by molar-refractivity contribution is 7.09. The van der Waals surface area contributed by atoms with Crippen molar-refractivity contribution in [1.29, 1.82) is 0 Å². The van der Waals surface area contributed by atoms with Crippen molar-refractivity contribution in [3.8, 4) is 16.9 Å². The summed E-state index contributed by atoms with van der Waals surface area (Å²) in [5.41, 5.74) is 2.77. The lowest BCUT2D eigenvalue weighted by Crippen LogP contribution is -2.36. The maximum Gasteiger partial charge on any atom is 0.196 e. The van der Waals surface area contributed by atoms with Crippen molar-refractivity contribution in [1.82, 2.24) is 5.32 Å². The number of guanidine groups is 1. The third-order valence-electron chi connectivity index (χ3n) is 3.76. The molecule has 0 aliphatic rings. The number of anilines is 1. The lowest BCUT2D eigenvalue weighted by Gasteiger charge is -2.16. The van der Waals surface area contributed by atoms with Gasteiger partial charge in [0.15, 0.2) is 5.96 Å². The first-order valence-corrected chi connectivity index (χ1v) is 9.48. The number of nitrogens with one attached hydrogen (secondary N) is 2. The van der Waals surface area contributed by atoms with E-state index in [2.05, 4.69) is 35.5 Å². The van der Waals surface area contributed by atoms with Gasteiger partial charge >= 0.3 is 0 Å². The molecular weight excluding hydrogens is 342 g/mol. The van der Waals surface area contributed by atoms with Gasteiger partial charge in [-0.2, -0.15) is 0 Å². The molecule has 3 aromatic rings. The zero-order chi connectivity index (χ0) is 18.4. The van der Waals surface area contributed by atoms with Crippen molar-refractivity contribution in [2.45, 2.75) is 26.4 Å². The van der Waals surface area contributed by atoms with E-state index < -0.39 is 0 Å². The molecule has 0 unspecified atom stereocenters.